The average molecular weight is 454 g/mol. The van der Waals surface area contributed by atoms with Crippen LogP contribution >= 0.6 is 0 Å². The van der Waals surface area contributed by atoms with Crippen molar-refractivity contribution < 1.29 is 29.0 Å². The van der Waals surface area contributed by atoms with E-state index in [1.165, 1.54) is 29.2 Å². The van der Waals surface area contributed by atoms with Gasteiger partial charge in [0.2, 0.25) is 0 Å². The van der Waals surface area contributed by atoms with E-state index in [0.29, 0.717) is 34.4 Å². The van der Waals surface area contributed by atoms with Gasteiger partial charge in [0.25, 0.3) is 17.7 Å². The molecule has 3 aromatic rings. The predicted octanol–water partition coefficient (Wildman–Crippen LogP) is 3.92. The number of rotatable bonds is 6. The quantitative estimate of drug-likeness (QED) is 0.567. The number of anilines is 2. The maximum absolute atomic E-state index is 12.0. The molecule has 3 aromatic carbocycles. The van der Waals surface area contributed by atoms with Crippen LogP contribution < -0.4 is 19.3 Å². The highest BCUT2D eigenvalue weighted by molar-refractivity contribution is 6.28. The molecule has 0 bridgehead atoms. The lowest BCUT2D eigenvalue weighted by Gasteiger charge is -2.21. The SMILES string of the molecule is O=C1C=CC(=O)N1c1cccc(Oc2cccc(Oc3cccc(N4C(=O)C=CC4O)c3)c2)c1. The van der Waals surface area contributed by atoms with E-state index in [2.05, 4.69) is 0 Å². The predicted molar refractivity (Wildman–Crippen MR) is 124 cm³/mol. The maximum atomic E-state index is 12.0. The molecule has 0 aliphatic carbocycles. The highest BCUT2D eigenvalue weighted by Gasteiger charge is 2.26. The first-order chi connectivity index (χ1) is 16.5. The molecule has 2 aliphatic heterocycles. The number of imide groups is 1. The molecule has 8 heteroatoms. The molecule has 0 fully saturated rings. The van der Waals surface area contributed by atoms with Crippen molar-refractivity contribution >= 4 is 29.1 Å². The molecule has 0 aromatic heterocycles. The number of ether oxygens (including phenoxy) is 2. The molecule has 0 saturated carbocycles. The second-order valence-corrected chi connectivity index (χ2v) is 7.50. The summed E-state index contributed by atoms with van der Waals surface area (Å²) < 4.78 is 11.9. The number of aliphatic hydroxyl groups excluding tert-OH is 1. The van der Waals surface area contributed by atoms with Gasteiger partial charge in [-0.05, 0) is 42.5 Å². The number of aliphatic hydroxyl groups is 1. The van der Waals surface area contributed by atoms with Gasteiger partial charge < -0.3 is 14.6 Å². The molecule has 3 amide bonds. The van der Waals surface area contributed by atoms with Gasteiger partial charge in [-0.2, -0.15) is 0 Å². The van der Waals surface area contributed by atoms with Crippen LogP contribution in [0, 0.1) is 0 Å². The highest BCUT2D eigenvalue weighted by Crippen LogP contribution is 2.32. The minimum Gasteiger partial charge on any atom is -0.457 e. The van der Waals surface area contributed by atoms with Crippen molar-refractivity contribution in [3.8, 4) is 23.0 Å². The summed E-state index contributed by atoms with van der Waals surface area (Å²) in [5.74, 6) is 0.775. The van der Waals surface area contributed by atoms with E-state index in [-0.39, 0.29) is 5.91 Å². The van der Waals surface area contributed by atoms with Crippen LogP contribution in [0.2, 0.25) is 0 Å². The second-order valence-electron chi connectivity index (χ2n) is 7.50. The minimum atomic E-state index is -1.02. The fourth-order valence-corrected chi connectivity index (χ4v) is 3.66. The first kappa shape index (κ1) is 21.2. The van der Waals surface area contributed by atoms with Gasteiger partial charge in [0.15, 0.2) is 6.23 Å². The number of carbonyl (C=O) groups is 3. The molecule has 2 aliphatic rings. The zero-order chi connectivity index (χ0) is 23.7. The van der Waals surface area contributed by atoms with Gasteiger partial charge in [-0.3, -0.25) is 19.3 Å². The highest BCUT2D eigenvalue weighted by atomic mass is 16.5. The number of hydrogen-bond acceptors (Lipinski definition) is 6. The largest absolute Gasteiger partial charge is 0.457 e. The van der Waals surface area contributed by atoms with Gasteiger partial charge >= 0.3 is 0 Å². The van der Waals surface area contributed by atoms with Crippen LogP contribution in [-0.4, -0.2) is 29.1 Å². The summed E-state index contributed by atoms with van der Waals surface area (Å²) in [6.07, 6.45) is 4.17. The smallest absolute Gasteiger partial charge is 0.258 e. The van der Waals surface area contributed by atoms with Gasteiger partial charge in [0.05, 0.1) is 11.4 Å². The lowest BCUT2D eigenvalue weighted by molar-refractivity contribution is -0.120. The van der Waals surface area contributed by atoms with Crippen LogP contribution in [0.4, 0.5) is 11.4 Å². The van der Waals surface area contributed by atoms with E-state index < -0.39 is 18.0 Å². The Kier molecular flexibility index (Phi) is 5.41. The van der Waals surface area contributed by atoms with Crippen molar-refractivity contribution in [1.82, 2.24) is 0 Å². The van der Waals surface area contributed by atoms with Gasteiger partial charge in [0, 0.05) is 36.4 Å². The van der Waals surface area contributed by atoms with Gasteiger partial charge in [0.1, 0.15) is 23.0 Å². The number of hydrogen-bond donors (Lipinski definition) is 1. The van der Waals surface area contributed by atoms with Crippen LogP contribution in [0.25, 0.3) is 0 Å². The van der Waals surface area contributed by atoms with E-state index in [9.17, 15) is 19.5 Å². The lowest BCUT2D eigenvalue weighted by Crippen LogP contribution is -2.33. The van der Waals surface area contributed by atoms with Crippen LogP contribution in [0.3, 0.4) is 0 Å². The van der Waals surface area contributed by atoms with Crippen molar-refractivity contribution in [2.24, 2.45) is 0 Å². The maximum Gasteiger partial charge on any atom is 0.258 e. The van der Waals surface area contributed by atoms with E-state index >= 15 is 0 Å². The third-order valence-corrected chi connectivity index (χ3v) is 5.17. The molecule has 0 saturated heterocycles. The van der Waals surface area contributed by atoms with Gasteiger partial charge in [-0.1, -0.05) is 18.2 Å². The van der Waals surface area contributed by atoms with Gasteiger partial charge in [-0.15, -0.1) is 0 Å². The van der Waals surface area contributed by atoms with E-state index in [0.717, 1.165) is 4.90 Å². The third kappa shape index (κ3) is 4.17. The monoisotopic (exact) mass is 454 g/mol. The molecule has 1 unspecified atom stereocenters. The Balaban J connectivity index is 1.32. The Morgan fingerprint density at radius 3 is 1.68 bits per heavy atom. The number of carbonyl (C=O) groups excluding carboxylic acids is 3. The summed E-state index contributed by atoms with van der Waals surface area (Å²) in [7, 11) is 0. The molecule has 5 rings (SSSR count). The third-order valence-electron chi connectivity index (χ3n) is 5.17. The van der Waals surface area contributed by atoms with Crippen molar-refractivity contribution in [3.63, 3.8) is 0 Å². The normalized spacial score (nSPS) is 17.1. The molecule has 34 heavy (non-hydrogen) atoms. The molecule has 0 spiro atoms. The number of nitrogens with zero attached hydrogens (tertiary/aromatic N) is 2. The van der Waals surface area contributed by atoms with E-state index in [1.807, 2.05) is 0 Å². The Labute approximate surface area is 194 Å². The topological polar surface area (TPSA) is 96.4 Å². The summed E-state index contributed by atoms with van der Waals surface area (Å²) >= 11 is 0. The summed E-state index contributed by atoms with van der Waals surface area (Å²) in [6, 6.07) is 20.4. The summed E-state index contributed by atoms with van der Waals surface area (Å²) in [4.78, 5) is 38.2. The second kappa shape index (κ2) is 8.68. The Bertz CT molecular complexity index is 1340. The molecule has 168 valence electrons. The molecule has 1 atom stereocenters. The molecular formula is C26H18N2O6. The zero-order valence-corrected chi connectivity index (χ0v) is 17.7. The van der Waals surface area contributed by atoms with Crippen LogP contribution in [0.15, 0.2) is 97.1 Å². The molecule has 2 heterocycles. The Hall–Kier alpha value is -4.69. The Morgan fingerprint density at radius 2 is 1.12 bits per heavy atom. The molecule has 0 radical (unpaired) electrons. The zero-order valence-electron chi connectivity index (χ0n) is 17.7. The van der Waals surface area contributed by atoms with Crippen LogP contribution in [0.5, 0.6) is 23.0 Å². The van der Waals surface area contributed by atoms with Crippen LogP contribution in [0.1, 0.15) is 0 Å². The fourth-order valence-electron chi connectivity index (χ4n) is 3.66. The van der Waals surface area contributed by atoms with E-state index in [4.69, 9.17) is 9.47 Å². The van der Waals surface area contributed by atoms with Crippen molar-refractivity contribution in [2.45, 2.75) is 6.23 Å². The summed E-state index contributed by atoms with van der Waals surface area (Å²) in [5, 5.41) is 10.0. The summed E-state index contributed by atoms with van der Waals surface area (Å²) in [6.45, 7) is 0. The first-order valence-corrected chi connectivity index (χ1v) is 10.4. The average Bonchev–Trinajstić information content (AvgIpc) is 3.34. The fraction of sp³-hybridized carbons (Fsp3) is 0.0385. The lowest BCUT2D eigenvalue weighted by atomic mass is 10.2. The van der Waals surface area contributed by atoms with Crippen molar-refractivity contribution in [1.29, 1.82) is 0 Å². The van der Waals surface area contributed by atoms with Gasteiger partial charge in [-0.25, -0.2) is 4.90 Å². The number of amides is 3. The van der Waals surface area contributed by atoms with E-state index in [1.54, 1.807) is 72.8 Å². The van der Waals surface area contributed by atoms with Crippen LogP contribution in [-0.2, 0) is 14.4 Å². The van der Waals surface area contributed by atoms with Crippen molar-refractivity contribution in [3.05, 3.63) is 97.1 Å². The Morgan fingerprint density at radius 1 is 0.618 bits per heavy atom. The molecular weight excluding hydrogens is 436 g/mol. The molecule has 8 nitrogen and oxygen atoms in total. The molecule has 1 N–H and O–H groups in total. The minimum absolute atomic E-state index is 0.310. The number of benzene rings is 3. The summed E-state index contributed by atoms with van der Waals surface area (Å²) in [5.41, 5.74) is 0.916. The first-order valence-electron chi connectivity index (χ1n) is 10.4. The standard InChI is InChI=1S/C26H18N2O6/c29-23-10-11-24(30)27(23)17-4-1-6-19(14-17)33-21-8-3-9-22(16-21)34-20-7-2-5-18(15-20)28-25(31)12-13-26(28)32/h1-16,23,29H. The van der Waals surface area contributed by atoms with Crippen molar-refractivity contribution in [2.75, 3.05) is 9.80 Å².